The van der Waals surface area contributed by atoms with Gasteiger partial charge in [0.1, 0.15) is 54.4 Å². The highest BCUT2D eigenvalue weighted by molar-refractivity contribution is 5.98. The number of carbonyl (C=O) groups excluding carboxylic acids is 10. The number of hydrogen-bond donors (Lipinski definition) is 17. The second-order valence-electron chi connectivity index (χ2n) is 24.4. The van der Waals surface area contributed by atoms with Gasteiger partial charge in [0.05, 0.1) is 5.69 Å². The molecule has 0 saturated heterocycles. The average molecular weight is 1260 g/mol. The van der Waals surface area contributed by atoms with E-state index in [1.165, 1.54) is 6.92 Å². The summed E-state index contributed by atoms with van der Waals surface area (Å²) >= 11 is 0. The number of nitrogens with one attached hydrogen (secondary N) is 9. The van der Waals surface area contributed by atoms with E-state index in [-0.39, 0.29) is 119 Å². The van der Waals surface area contributed by atoms with Crippen molar-refractivity contribution in [1.82, 2.24) is 47.9 Å². The fraction of sp³-hybridized carbons (Fsp3) is 0.678. The molecule has 0 aromatic heterocycles. The van der Waals surface area contributed by atoms with Crippen molar-refractivity contribution in [3.8, 4) is 0 Å². The predicted molar refractivity (Wildman–Crippen MR) is 343 cm³/mol. The quantitative estimate of drug-likeness (QED) is 0.0193. The number of nitrogens with two attached hydrogens (primary N) is 8. The van der Waals surface area contributed by atoms with Crippen LogP contribution < -0.4 is 93.7 Å². The molecule has 0 spiro atoms. The van der Waals surface area contributed by atoms with E-state index in [0.29, 0.717) is 30.5 Å². The van der Waals surface area contributed by atoms with E-state index in [1.807, 2.05) is 55.4 Å². The Morgan fingerprint density at radius 2 is 0.719 bits per heavy atom. The van der Waals surface area contributed by atoms with Crippen LogP contribution in [0.4, 0.5) is 5.69 Å². The summed E-state index contributed by atoms with van der Waals surface area (Å²) in [5, 5.41) is 24.6. The van der Waals surface area contributed by atoms with E-state index in [4.69, 9.17) is 45.9 Å². The number of carbonyl (C=O) groups is 10. The summed E-state index contributed by atoms with van der Waals surface area (Å²) in [5.74, 6) is -8.70. The molecule has 30 nitrogen and oxygen atoms in total. The van der Waals surface area contributed by atoms with Crippen LogP contribution >= 0.6 is 0 Å². The summed E-state index contributed by atoms with van der Waals surface area (Å²) in [6.07, 6.45) is 1.78. The molecule has 0 radical (unpaired) electrons. The summed E-state index contributed by atoms with van der Waals surface area (Å²) < 4.78 is 0. The molecule has 1 rings (SSSR count). The zero-order valence-electron chi connectivity index (χ0n) is 54.0. The molecule has 25 N–H and O–H groups in total. The second-order valence-corrected chi connectivity index (χ2v) is 24.4. The van der Waals surface area contributed by atoms with E-state index in [0.717, 1.165) is 0 Å². The fourth-order valence-electron chi connectivity index (χ4n) is 9.36. The highest BCUT2D eigenvalue weighted by atomic mass is 16.2. The van der Waals surface area contributed by atoms with Crippen LogP contribution in [0, 0.1) is 29.6 Å². The molecule has 0 aliphatic carbocycles. The summed E-state index contributed by atoms with van der Waals surface area (Å²) in [6, 6.07) is -4.47. The molecule has 0 heterocycles. The number of amides is 10. The molecule has 0 bridgehead atoms. The first kappa shape index (κ1) is 78.7. The van der Waals surface area contributed by atoms with Crippen molar-refractivity contribution in [3.05, 3.63) is 29.8 Å². The van der Waals surface area contributed by atoms with Gasteiger partial charge in [0.15, 0.2) is 17.9 Å². The van der Waals surface area contributed by atoms with Gasteiger partial charge < -0.3 is 93.7 Å². The fourth-order valence-corrected chi connectivity index (χ4v) is 9.36. The van der Waals surface area contributed by atoms with E-state index in [2.05, 4.69) is 62.8 Å². The first-order valence-corrected chi connectivity index (χ1v) is 30.6. The van der Waals surface area contributed by atoms with Crippen LogP contribution in [-0.2, 0) is 54.4 Å². The molecule has 502 valence electrons. The second kappa shape index (κ2) is 41.0. The normalized spacial score (nSPS) is 14.3. The number of rotatable bonds is 42. The maximum atomic E-state index is 14.5. The number of aliphatic imine (C=N–C) groups is 3. The maximum absolute atomic E-state index is 14.5. The number of guanidine groups is 3. The zero-order chi connectivity index (χ0) is 67.7. The van der Waals surface area contributed by atoms with Gasteiger partial charge in [0, 0.05) is 26.4 Å². The number of benzene rings is 1. The first-order valence-electron chi connectivity index (χ1n) is 30.6. The minimum absolute atomic E-state index is 0.0296. The lowest BCUT2D eigenvalue weighted by Crippen LogP contribution is -2.61. The standard InChI is InChI=1S/C59H106N20O10/c1-31(2)26-43(70-36(11)80)52(85)76-45(28-33(5)6)54(87)78-46(29-34(7)8)55(88)77-44(27-32(3)4)53(86)73-41(18-15-25-69-58(64)65)51(84)79-47(35(9)10)56(89)74-39(16-12-13-23-60)49(82)72-40(17-14-24-68-57(62)63)50(83)75-42(48(61)81)30-37-19-21-38(22-20-37)71-59(66)67/h19-22,31-35,39-47H,12-18,23-30,60H2,1-11H3,(H2,61,81)(H,70,80)(H,72,82)(H,73,86)(H,74,89)(H,75,83)(H,76,85)(H,77,88)(H,78,87)(H,79,84)(H4,62,63,68)(H4,64,65,69)(H4,66,67,71)/t39-,40-,41-,42-,43-,44-,45-,46-,47-/m0/s1. The Balaban J connectivity index is 3.64. The zero-order valence-corrected chi connectivity index (χ0v) is 54.0. The highest BCUT2D eigenvalue weighted by Gasteiger charge is 2.36. The van der Waals surface area contributed by atoms with Crippen molar-refractivity contribution in [1.29, 1.82) is 0 Å². The molecule has 30 heteroatoms. The Labute approximate surface area is 524 Å². The van der Waals surface area contributed by atoms with Gasteiger partial charge in [-0.3, -0.25) is 57.9 Å². The topological polar surface area (TPSA) is 524 Å². The number of primary amides is 1. The van der Waals surface area contributed by atoms with E-state index in [1.54, 1.807) is 38.1 Å². The molecule has 9 atom stereocenters. The van der Waals surface area contributed by atoms with Crippen molar-refractivity contribution < 1.29 is 47.9 Å². The van der Waals surface area contributed by atoms with Crippen LogP contribution in [0.2, 0.25) is 0 Å². The van der Waals surface area contributed by atoms with Gasteiger partial charge in [0.25, 0.3) is 0 Å². The van der Waals surface area contributed by atoms with E-state index >= 15 is 0 Å². The molecule has 0 unspecified atom stereocenters. The third-order valence-electron chi connectivity index (χ3n) is 13.7. The number of hydrogen-bond acceptors (Lipinski definition) is 14. The van der Waals surface area contributed by atoms with Gasteiger partial charge in [-0.05, 0) is 124 Å². The molecule has 0 aliphatic heterocycles. The molecule has 10 amide bonds. The van der Waals surface area contributed by atoms with Crippen LogP contribution in [0.5, 0.6) is 0 Å². The van der Waals surface area contributed by atoms with Gasteiger partial charge in [0.2, 0.25) is 59.1 Å². The Morgan fingerprint density at radius 1 is 0.393 bits per heavy atom. The van der Waals surface area contributed by atoms with Gasteiger partial charge in [-0.1, -0.05) is 81.4 Å². The summed E-state index contributed by atoms with van der Waals surface area (Å²) in [4.78, 5) is 151. The van der Waals surface area contributed by atoms with Gasteiger partial charge >= 0.3 is 0 Å². The third-order valence-corrected chi connectivity index (χ3v) is 13.7. The minimum atomic E-state index is -1.35. The molecule has 0 saturated carbocycles. The molecule has 1 aromatic carbocycles. The molecule has 89 heavy (non-hydrogen) atoms. The van der Waals surface area contributed by atoms with Crippen LogP contribution in [0.25, 0.3) is 0 Å². The van der Waals surface area contributed by atoms with Crippen LogP contribution in [-0.4, -0.2) is 151 Å². The van der Waals surface area contributed by atoms with Gasteiger partial charge in [-0.2, -0.15) is 0 Å². The smallest absolute Gasteiger partial charge is 0.243 e. The van der Waals surface area contributed by atoms with Crippen molar-refractivity contribution in [2.24, 2.45) is 90.4 Å². The lowest BCUT2D eigenvalue weighted by Gasteiger charge is -2.30. The summed E-state index contributed by atoms with van der Waals surface area (Å²) in [5.41, 5.74) is 45.8. The van der Waals surface area contributed by atoms with Crippen molar-refractivity contribution >= 4 is 82.6 Å². The van der Waals surface area contributed by atoms with Crippen molar-refractivity contribution in [2.75, 3.05) is 19.6 Å². The molecule has 1 aromatic rings. The predicted octanol–water partition coefficient (Wildman–Crippen LogP) is -1.92. The monoisotopic (exact) mass is 1250 g/mol. The van der Waals surface area contributed by atoms with Crippen molar-refractivity contribution in [2.45, 2.75) is 208 Å². The number of unbranched alkanes of at least 4 members (excludes halogenated alkanes) is 1. The lowest BCUT2D eigenvalue weighted by molar-refractivity contribution is -0.136. The SMILES string of the molecule is CC(=O)N[C@@H](CC(C)C)C(=O)N[C@@H](CC(C)C)C(=O)N[C@@H](CC(C)C)C(=O)N[C@@H](CC(C)C)C(=O)N[C@@H](CCCN=C(N)N)C(=O)N[C@H](C(=O)N[C@@H](CCCCN)C(=O)N[C@@H](CCCN=C(N)N)C(=O)N[C@@H](Cc1ccc(N=C(N)N)cc1)C(N)=O)C(C)C. The largest absolute Gasteiger partial charge is 0.370 e. The Hall–Kier alpha value is -8.31. The van der Waals surface area contributed by atoms with Gasteiger partial charge in [-0.25, -0.2) is 4.99 Å². The summed E-state index contributed by atoms with van der Waals surface area (Å²) in [6.45, 7) is 19.8. The molecule has 0 aliphatic rings. The van der Waals surface area contributed by atoms with Crippen LogP contribution in [0.15, 0.2) is 39.2 Å². The van der Waals surface area contributed by atoms with Crippen LogP contribution in [0.3, 0.4) is 0 Å². The Bertz CT molecular complexity index is 2550. The molecular weight excluding hydrogens is 1150 g/mol. The summed E-state index contributed by atoms with van der Waals surface area (Å²) in [7, 11) is 0. The Kier molecular flexibility index (Phi) is 36.3. The van der Waals surface area contributed by atoms with Crippen LogP contribution in [0.1, 0.15) is 152 Å². The van der Waals surface area contributed by atoms with E-state index < -0.39 is 119 Å². The Morgan fingerprint density at radius 3 is 1.04 bits per heavy atom. The third kappa shape index (κ3) is 33.0. The average Bonchev–Trinajstić information content (AvgIpc) is 1.86. The maximum Gasteiger partial charge on any atom is 0.243 e. The minimum Gasteiger partial charge on any atom is -0.370 e. The lowest BCUT2D eigenvalue weighted by atomic mass is 9.97. The molecular formula is C59H106N20O10. The number of nitrogens with zero attached hydrogens (tertiary/aromatic N) is 3. The van der Waals surface area contributed by atoms with Crippen molar-refractivity contribution in [3.63, 3.8) is 0 Å². The highest BCUT2D eigenvalue weighted by Crippen LogP contribution is 2.17. The first-order chi connectivity index (χ1) is 41.6. The van der Waals surface area contributed by atoms with Gasteiger partial charge in [-0.15, -0.1) is 0 Å². The van der Waals surface area contributed by atoms with E-state index in [9.17, 15) is 47.9 Å². The molecule has 0 fully saturated rings.